The Labute approximate surface area is 131 Å². The lowest BCUT2D eigenvalue weighted by Gasteiger charge is -2.10. The van der Waals surface area contributed by atoms with Crippen LogP contribution in [0.5, 0.6) is 0 Å². The second kappa shape index (κ2) is 6.23. The highest BCUT2D eigenvalue weighted by molar-refractivity contribution is 7.22. The van der Waals surface area contributed by atoms with Crippen molar-refractivity contribution in [1.82, 2.24) is 4.98 Å². The first-order valence-corrected chi connectivity index (χ1v) is 7.84. The number of amides is 1. The Morgan fingerprint density at radius 3 is 2.82 bits per heavy atom. The predicted molar refractivity (Wildman–Crippen MR) is 87.7 cm³/mol. The monoisotopic (exact) mass is 314 g/mol. The zero-order valence-electron chi connectivity index (χ0n) is 12.0. The van der Waals surface area contributed by atoms with Gasteiger partial charge in [0.1, 0.15) is 5.82 Å². The molecule has 0 aliphatic heterocycles. The van der Waals surface area contributed by atoms with E-state index in [4.69, 9.17) is 0 Å². The Morgan fingerprint density at radius 2 is 2.05 bits per heavy atom. The van der Waals surface area contributed by atoms with E-state index < -0.39 is 0 Å². The van der Waals surface area contributed by atoms with E-state index in [2.05, 4.69) is 10.3 Å². The van der Waals surface area contributed by atoms with E-state index in [1.165, 1.54) is 23.5 Å². The molecule has 1 N–H and O–H groups in total. The zero-order valence-corrected chi connectivity index (χ0v) is 12.9. The Kier molecular flexibility index (Phi) is 4.15. The van der Waals surface area contributed by atoms with Crippen molar-refractivity contribution in [3.63, 3.8) is 0 Å². The van der Waals surface area contributed by atoms with Gasteiger partial charge in [0.05, 0.1) is 10.2 Å². The number of nitrogens with one attached hydrogen (secondary N) is 1. The summed E-state index contributed by atoms with van der Waals surface area (Å²) in [6.45, 7) is 2.02. The molecule has 1 heterocycles. The molecule has 0 radical (unpaired) electrons. The van der Waals surface area contributed by atoms with Gasteiger partial charge in [-0.15, -0.1) is 0 Å². The molecule has 0 saturated heterocycles. The summed E-state index contributed by atoms with van der Waals surface area (Å²) in [6.07, 6.45) is 0.383. The van der Waals surface area contributed by atoms with Crippen LogP contribution in [0.3, 0.4) is 0 Å². The van der Waals surface area contributed by atoms with Crippen molar-refractivity contribution < 1.29 is 9.18 Å². The van der Waals surface area contributed by atoms with Crippen LogP contribution in [0.1, 0.15) is 24.8 Å². The molecule has 1 aromatic heterocycles. The lowest BCUT2D eigenvalue weighted by molar-refractivity contribution is -0.116. The number of rotatable bonds is 4. The molecule has 22 heavy (non-hydrogen) atoms. The number of halogens is 1. The smallest absolute Gasteiger partial charge is 0.226 e. The van der Waals surface area contributed by atoms with Gasteiger partial charge in [0.15, 0.2) is 5.13 Å². The molecule has 2 aromatic carbocycles. The molecule has 5 heteroatoms. The van der Waals surface area contributed by atoms with E-state index >= 15 is 0 Å². The van der Waals surface area contributed by atoms with Gasteiger partial charge >= 0.3 is 0 Å². The number of aromatic nitrogens is 1. The summed E-state index contributed by atoms with van der Waals surface area (Å²) in [5.74, 6) is -0.254. The van der Waals surface area contributed by atoms with Gasteiger partial charge < -0.3 is 5.32 Å². The molecule has 1 atom stereocenters. The Morgan fingerprint density at radius 1 is 1.27 bits per heavy atom. The zero-order chi connectivity index (χ0) is 15.5. The average molecular weight is 314 g/mol. The predicted octanol–water partition coefficient (Wildman–Crippen LogP) is 4.57. The van der Waals surface area contributed by atoms with Crippen LogP contribution < -0.4 is 5.32 Å². The van der Waals surface area contributed by atoms with Gasteiger partial charge in [-0.25, -0.2) is 9.37 Å². The molecule has 0 aliphatic rings. The summed E-state index contributed by atoms with van der Waals surface area (Å²) in [5.41, 5.74) is 1.82. The van der Waals surface area contributed by atoms with Gasteiger partial charge in [0.25, 0.3) is 0 Å². The molecule has 1 unspecified atom stereocenters. The highest BCUT2D eigenvalue weighted by atomic mass is 32.1. The molecule has 0 fully saturated rings. The van der Waals surface area contributed by atoms with E-state index in [0.29, 0.717) is 17.1 Å². The normalized spacial score (nSPS) is 12.3. The van der Waals surface area contributed by atoms with E-state index in [1.54, 1.807) is 6.07 Å². The van der Waals surface area contributed by atoms with Gasteiger partial charge in [0, 0.05) is 6.42 Å². The molecule has 112 valence electrons. The molecule has 0 aliphatic carbocycles. The maximum Gasteiger partial charge on any atom is 0.226 e. The minimum Gasteiger partial charge on any atom is -0.302 e. The van der Waals surface area contributed by atoms with Crippen molar-refractivity contribution in [2.45, 2.75) is 19.3 Å². The molecule has 3 aromatic rings. The van der Waals surface area contributed by atoms with Crippen molar-refractivity contribution in [2.24, 2.45) is 0 Å². The van der Waals surface area contributed by atoms with Crippen LogP contribution in [-0.4, -0.2) is 10.9 Å². The molecule has 0 spiro atoms. The fourth-order valence-corrected chi connectivity index (χ4v) is 3.21. The molecular weight excluding hydrogens is 299 g/mol. The highest BCUT2D eigenvalue weighted by Gasteiger charge is 2.13. The number of anilines is 1. The van der Waals surface area contributed by atoms with Gasteiger partial charge in [-0.2, -0.15) is 0 Å². The summed E-state index contributed by atoms with van der Waals surface area (Å²) >= 11 is 1.28. The minimum absolute atomic E-state index is 0.0871. The first kappa shape index (κ1) is 14.7. The van der Waals surface area contributed by atoms with Crippen molar-refractivity contribution in [2.75, 3.05) is 5.32 Å². The number of benzene rings is 2. The first-order chi connectivity index (χ1) is 10.6. The number of nitrogens with zero attached hydrogens (tertiary/aromatic N) is 1. The average Bonchev–Trinajstić information content (AvgIpc) is 2.89. The second-order valence-corrected chi connectivity index (χ2v) is 6.23. The molecule has 3 rings (SSSR count). The number of hydrogen-bond donors (Lipinski definition) is 1. The Hall–Kier alpha value is -2.27. The lowest BCUT2D eigenvalue weighted by Crippen LogP contribution is -2.14. The van der Waals surface area contributed by atoms with Crippen LogP contribution >= 0.6 is 11.3 Å². The topological polar surface area (TPSA) is 42.0 Å². The van der Waals surface area contributed by atoms with Crippen LogP contribution in [0.25, 0.3) is 10.2 Å². The molecule has 0 bridgehead atoms. The largest absolute Gasteiger partial charge is 0.302 e. The van der Waals surface area contributed by atoms with E-state index in [0.717, 1.165) is 10.3 Å². The molecule has 0 saturated carbocycles. The van der Waals surface area contributed by atoms with Crippen molar-refractivity contribution >= 4 is 32.6 Å². The lowest BCUT2D eigenvalue weighted by atomic mass is 9.98. The Balaban J connectivity index is 1.68. The van der Waals surface area contributed by atoms with E-state index in [-0.39, 0.29) is 17.6 Å². The fraction of sp³-hybridized carbons (Fsp3) is 0.176. The van der Waals surface area contributed by atoms with Crippen molar-refractivity contribution in [3.8, 4) is 0 Å². The SMILES string of the molecule is CC(CC(=O)Nc1nc2ccc(F)cc2s1)c1ccccc1. The van der Waals surface area contributed by atoms with Crippen molar-refractivity contribution in [3.05, 3.63) is 59.9 Å². The second-order valence-electron chi connectivity index (χ2n) is 5.20. The Bertz CT molecular complexity index is 801. The van der Waals surface area contributed by atoms with Gasteiger partial charge in [-0.3, -0.25) is 4.79 Å². The number of thiazole rings is 1. The van der Waals surface area contributed by atoms with Crippen molar-refractivity contribution in [1.29, 1.82) is 0 Å². The standard InChI is InChI=1S/C17H15FN2OS/c1-11(12-5-3-2-4-6-12)9-16(21)20-17-19-14-8-7-13(18)10-15(14)22-17/h2-8,10-11H,9H2,1H3,(H,19,20,21). The number of fused-ring (bicyclic) bond motifs is 1. The van der Waals surface area contributed by atoms with Crippen LogP contribution in [-0.2, 0) is 4.79 Å². The third-order valence-corrected chi connectivity index (χ3v) is 4.39. The van der Waals surface area contributed by atoms with E-state index in [9.17, 15) is 9.18 Å². The third kappa shape index (κ3) is 3.31. The van der Waals surface area contributed by atoms with Gasteiger partial charge in [0.2, 0.25) is 5.91 Å². The van der Waals surface area contributed by atoms with Crippen LogP contribution in [0.4, 0.5) is 9.52 Å². The molecular formula is C17H15FN2OS. The number of hydrogen-bond acceptors (Lipinski definition) is 3. The summed E-state index contributed by atoms with van der Waals surface area (Å²) < 4.78 is 13.9. The quantitative estimate of drug-likeness (QED) is 0.766. The summed E-state index contributed by atoms with van der Waals surface area (Å²) in [5, 5.41) is 3.30. The maximum absolute atomic E-state index is 13.2. The first-order valence-electron chi connectivity index (χ1n) is 7.03. The summed E-state index contributed by atoms with van der Waals surface area (Å²) in [7, 11) is 0. The maximum atomic E-state index is 13.2. The molecule has 3 nitrogen and oxygen atoms in total. The van der Waals surface area contributed by atoms with Crippen LogP contribution in [0.15, 0.2) is 48.5 Å². The highest BCUT2D eigenvalue weighted by Crippen LogP contribution is 2.27. The van der Waals surface area contributed by atoms with Gasteiger partial charge in [-0.05, 0) is 29.7 Å². The number of carbonyl (C=O) groups is 1. The molecule has 1 amide bonds. The minimum atomic E-state index is -0.299. The number of carbonyl (C=O) groups excluding carboxylic acids is 1. The summed E-state index contributed by atoms with van der Waals surface area (Å²) in [4.78, 5) is 16.4. The fourth-order valence-electron chi connectivity index (χ4n) is 2.30. The van der Waals surface area contributed by atoms with Gasteiger partial charge in [-0.1, -0.05) is 48.6 Å². The van der Waals surface area contributed by atoms with Crippen LogP contribution in [0.2, 0.25) is 0 Å². The summed E-state index contributed by atoms with van der Waals surface area (Å²) in [6, 6.07) is 14.3. The third-order valence-electron chi connectivity index (χ3n) is 3.46. The van der Waals surface area contributed by atoms with E-state index in [1.807, 2.05) is 37.3 Å². The van der Waals surface area contributed by atoms with Crippen LogP contribution in [0, 0.1) is 5.82 Å².